The standard InChI is InChI=1S/C10H6BrN5S/c11-7-6-16-4-3-14-9(16)10(15-7)17-8-5-12-1-2-13-8/h1-6H. The number of hydrogen-bond acceptors (Lipinski definition) is 5. The van der Waals surface area contributed by atoms with Crippen LogP contribution in [0.2, 0.25) is 0 Å². The summed E-state index contributed by atoms with van der Waals surface area (Å²) in [6.45, 7) is 0. The fourth-order valence-corrected chi connectivity index (χ4v) is 2.71. The monoisotopic (exact) mass is 307 g/mol. The molecular weight excluding hydrogens is 302 g/mol. The highest BCUT2D eigenvalue weighted by Crippen LogP contribution is 2.27. The van der Waals surface area contributed by atoms with Crippen LogP contribution >= 0.6 is 27.7 Å². The van der Waals surface area contributed by atoms with E-state index in [1.807, 2.05) is 16.8 Å². The van der Waals surface area contributed by atoms with Crippen LogP contribution in [0.15, 0.2) is 51.8 Å². The van der Waals surface area contributed by atoms with Crippen LogP contribution in [0.1, 0.15) is 0 Å². The average molecular weight is 308 g/mol. The maximum atomic E-state index is 4.40. The largest absolute Gasteiger partial charge is 0.302 e. The van der Waals surface area contributed by atoms with Crippen LogP contribution in [-0.4, -0.2) is 24.3 Å². The summed E-state index contributed by atoms with van der Waals surface area (Å²) in [6, 6.07) is 0. The first kappa shape index (κ1) is 10.7. The average Bonchev–Trinajstić information content (AvgIpc) is 2.78. The van der Waals surface area contributed by atoms with Crippen LogP contribution in [0.4, 0.5) is 0 Å². The van der Waals surface area contributed by atoms with Gasteiger partial charge in [-0.15, -0.1) is 0 Å². The van der Waals surface area contributed by atoms with Gasteiger partial charge in [-0.2, -0.15) is 0 Å². The van der Waals surface area contributed by atoms with Crippen LogP contribution in [0.5, 0.6) is 0 Å². The SMILES string of the molecule is Brc1cn2ccnc2c(Sc2cnccn2)n1. The molecule has 3 aromatic rings. The first-order valence-corrected chi connectivity index (χ1v) is 6.37. The molecule has 0 aliphatic carbocycles. The Morgan fingerprint density at radius 2 is 2.12 bits per heavy atom. The first-order valence-electron chi connectivity index (χ1n) is 4.76. The van der Waals surface area contributed by atoms with Crippen LogP contribution in [0.25, 0.3) is 5.65 Å². The van der Waals surface area contributed by atoms with E-state index < -0.39 is 0 Å². The van der Waals surface area contributed by atoms with Crippen molar-refractivity contribution in [1.82, 2.24) is 24.3 Å². The number of imidazole rings is 1. The molecule has 0 unspecified atom stereocenters. The van der Waals surface area contributed by atoms with Crippen LogP contribution < -0.4 is 0 Å². The minimum atomic E-state index is 0.759. The Hall–Kier alpha value is -1.47. The molecule has 0 N–H and O–H groups in total. The Morgan fingerprint density at radius 1 is 1.18 bits per heavy atom. The summed E-state index contributed by atoms with van der Waals surface area (Å²) in [6.07, 6.45) is 10.5. The smallest absolute Gasteiger partial charge is 0.170 e. The van der Waals surface area contributed by atoms with Gasteiger partial charge in [0.05, 0.1) is 6.20 Å². The lowest BCUT2D eigenvalue weighted by molar-refractivity contribution is 0.995. The molecule has 0 amide bonds. The minimum absolute atomic E-state index is 0.759. The second-order valence-electron chi connectivity index (χ2n) is 3.17. The predicted octanol–water partition coefficient (Wildman–Crippen LogP) is 2.43. The molecule has 3 heterocycles. The number of rotatable bonds is 2. The Balaban J connectivity index is 2.08. The molecule has 0 fully saturated rings. The Kier molecular flexibility index (Phi) is 2.77. The van der Waals surface area contributed by atoms with E-state index in [4.69, 9.17) is 0 Å². The zero-order chi connectivity index (χ0) is 11.7. The summed E-state index contributed by atoms with van der Waals surface area (Å²) < 4.78 is 2.67. The quantitative estimate of drug-likeness (QED) is 0.728. The second-order valence-corrected chi connectivity index (χ2v) is 4.99. The third-order valence-electron chi connectivity index (χ3n) is 2.05. The maximum absolute atomic E-state index is 4.40. The highest BCUT2D eigenvalue weighted by atomic mass is 79.9. The molecule has 0 aliphatic heterocycles. The molecule has 5 nitrogen and oxygen atoms in total. The van der Waals surface area contributed by atoms with Crippen molar-refractivity contribution in [3.63, 3.8) is 0 Å². The van der Waals surface area contributed by atoms with Crippen molar-refractivity contribution < 1.29 is 0 Å². The number of fused-ring (bicyclic) bond motifs is 1. The summed E-state index contributed by atoms with van der Waals surface area (Å²) in [5.41, 5.74) is 0.809. The van der Waals surface area contributed by atoms with Crippen molar-refractivity contribution in [2.24, 2.45) is 0 Å². The molecule has 0 spiro atoms. The number of halogens is 1. The van der Waals surface area contributed by atoms with E-state index in [-0.39, 0.29) is 0 Å². The molecule has 0 radical (unpaired) electrons. The van der Waals surface area contributed by atoms with Crippen LogP contribution in [0, 0.1) is 0 Å². The maximum Gasteiger partial charge on any atom is 0.170 e. The molecule has 0 aliphatic rings. The Bertz CT molecular complexity index is 654. The Labute approximate surface area is 109 Å². The van der Waals surface area contributed by atoms with Crippen molar-refractivity contribution in [2.75, 3.05) is 0 Å². The van der Waals surface area contributed by atoms with Gasteiger partial charge in [-0.25, -0.2) is 15.0 Å². The van der Waals surface area contributed by atoms with Crippen LogP contribution in [0.3, 0.4) is 0 Å². The molecule has 0 bridgehead atoms. The van der Waals surface area contributed by atoms with E-state index in [9.17, 15) is 0 Å². The van der Waals surface area contributed by atoms with E-state index in [1.165, 1.54) is 11.8 Å². The molecule has 3 rings (SSSR count). The number of hydrogen-bond donors (Lipinski definition) is 0. The molecule has 3 aromatic heterocycles. The van der Waals surface area contributed by atoms with Gasteiger partial charge in [-0.05, 0) is 27.7 Å². The number of nitrogens with zero attached hydrogens (tertiary/aromatic N) is 5. The van der Waals surface area contributed by atoms with Crippen molar-refractivity contribution in [2.45, 2.75) is 10.1 Å². The van der Waals surface area contributed by atoms with E-state index in [0.717, 1.165) is 20.3 Å². The van der Waals surface area contributed by atoms with Crippen LogP contribution in [-0.2, 0) is 0 Å². The van der Waals surface area contributed by atoms with Crippen molar-refractivity contribution in [3.05, 3.63) is 41.8 Å². The van der Waals surface area contributed by atoms with Crippen molar-refractivity contribution in [3.8, 4) is 0 Å². The van der Waals surface area contributed by atoms with Gasteiger partial charge in [-0.3, -0.25) is 4.98 Å². The van der Waals surface area contributed by atoms with E-state index >= 15 is 0 Å². The zero-order valence-corrected chi connectivity index (χ0v) is 10.9. The summed E-state index contributed by atoms with van der Waals surface area (Å²) >= 11 is 4.81. The summed E-state index contributed by atoms with van der Waals surface area (Å²) in [5, 5.41) is 1.59. The molecule has 84 valence electrons. The molecule has 0 aromatic carbocycles. The lowest BCUT2D eigenvalue weighted by Crippen LogP contribution is -1.92. The second kappa shape index (κ2) is 4.42. The number of aromatic nitrogens is 5. The summed E-state index contributed by atoms with van der Waals surface area (Å²) in [4.78, 5) is 16.9. The highest BCUT2D eigenvalue weighted by Gasteiger charge is 2.08. The molecule has 0 atom stereocenters. The normalized spacial score (nSPS) is 10.9. The highest BCUT2D eigenvalue weighted by molar-refractivity contribution is 9.10. The molecule has 7 heteroatoms. The van der Waals surface area contributed by atoms with Gasteiger partial charge in [0.15, 0.2) is 5.65 Å². The van der Waals surface area contributed by atoms with Gasteiger partial charge in [0.1, 0.15) is 14.7 Å². The molecular formula is C10H6BrN5S. The molecule has 17 heavy (non-hydrogen) atoms. The van der Waals surface area contributed by atoms with Gasteiger partial charge >= 0.3 is 0 Å². The van der Waals surface area contributed by atoms with Gasteiger partial charge in [0.2, 0.25) is 0 Å². The van der Waals surface area contributed by atoms with E-state index in [1.54, 1.807) is 24.8 Å². The predicted molar refractivity (Wildman–Crippen MR) is 66.8 cm³/mol. The fourth-order valence-electron chi connectivity index (χ4n) is 1.38. The zero-order valence-electron chi connectivity index (χ0n) is 8.49. The fraction of sp³-hybridized carbons (Fsp3) is 0. The lowest BCUT2D eigenvalue weighted by atomic mass is 10.7. The lowest BCUT2D eigenvalue weighted by Gasteiger charge is -2.02. The molecule has 0 saturated carbocycles. The first-order chi connectivity index (χ1) is 8.33. The van der Waals surface area contributed by atoms with Gasteiger partial charge in [0, 0.05) is 31.0 Å². The topological polar surface area (TPSA) is 56.0 Å². The summed E-state index contributed by atoms with van der Waals surface area (Å²) in [5.74, 6) is 0. The van der Waals surface area contributed by atoms with Gasteiger partial charge in [-0.1, -0.05) is 0 Å². The Morgan fingerprint density at radius 3 is 2.94 bits per heavy atom. The van der Waals surface area contributed by atoms with E-state index in [0.29, 0.717) is 0 Å². The third kappa shape index (κ3) is 2.16. The molecule has 0 saturated heterocycles. The van der Waals surface area contributed by atoms with Crippen molar-refractivity contribution in [1.29, 1.82) is 0 Å². The minimum Gasteiger partial charge on any atom is -0.302 e. The van der Waals surface area contributed by atoms with Gasteiger partial charge in [0.25, 0.3) is 0 Å². The van der Waals surface area contributed by atoms with E-state index in [2.05, 4.69) is 35.9 Å². The van der Waals surface area contributed by atoms with Crippen molar-refractivity contribution >= 4 is 33.3 Å². The summed E-state index contributed by atoms with van der Waals surface area (Å²) in [7, 11) is 0. The van der Waals surface area contributed by atoms with Gasteiger partial charge < -0.3 is 4.40 Å². The third-order valence-corrected chi connectivity index (χ3v) is 3.32.